The number of amides is 3. The molecule has 7 heteroatoms. The Kier molecular flexibility index (Phi) is 5.45. The monoisotopic (exact) mass is 488 g/mol. The highest BCUT2D eigenvalue weighted by atomic mass is 16.2. The summed E-state index contributed by atoms with van der Waals surface area (Å²) in [6.45, 7) is -0.490. The van der Waals surface area contributed by atoms with Gasteiger partial charge in [-0.25, -0.2) is 0 Å². The second kappa shape index (κ2) is 8.95. The molecule has 0 spiro atoms. The van der Waals surface area contributed by atoms with Crippen molar-refractivity contribution in [3.05, 3.63) is 108 Å². The molecule has 0 radical (unpaired) electrons. The van der Waals surface area contributed by atoms with Crippen LogP contribution < -0.4 is 11.1 Å². The maximum atomic E-state index is 13.6. The van der Waals surface area contributed by atoms with Crippen LogP contribution in [0.25, 0.3) is 32.9 Å². The molecular weight excluding hydrogens is 464 g/mol. The Morgan fingerprint density at radius 1 is 0.892 bits per heavy atom. The molecule has 1 atom stereocenters. The van der Waals surface area contributed by atoms with E-state index in [1.54, 1.807) is 11.0 Å². The van der Waals surface area contributed by atoms with Gasteiger partial charge >= 0.3 is 0 Å². The Morgan fingerprint density at radius 2 is 1.62 bits per heavy atom. The van der Waals surface area contributed by atoms with Gasteiger partial charge < -0.3 is 20.9 Å². The Hall–Kier alpha value is -4.91. The fourth-order valence-electron chi connectivity index (χ4n) is 5.26. The van der Waals surface area contributed by atoms with Gasteiger partial charge in [-0.3, -0.25) is 14.4 Å². The first-order valence-corrected chi connectivity index (χ1v) is 12.1. The molecule has 1 aliphatic heterocycles. The summed E-state index contributed by atoms with van der Waals surface area (Å²) in [5.41, 5.74) is 10.3. The molecule has 37 heavy (non-hydrogen) atoms. The van der Waals surface area contributed by atoms with Crippen LogP contribution in [0.5, 0.6) is 0 Å². The normalized spacial score (nSPS) is 14.8. The summed E-state index contributed by atoms with van der Waals surface area (Å²) >= 11 is 0. The average molecular weight is 489 g/mol. The second-order valence-electron chi connectivity index (χ2n) is 9.19. The van der Waals surface area contributed by atoms with E-state index in [1.807, 2.05) is 54.6 Å². The smallest absolute Gasteiger partial charge is 0.255 e. The molecule has 1 aliphatic rings. The maximum Gasteiger partial charge on any atom is 0.255 e. The number of nitrogens with one attached hydrogen (secondary N) is 2. The number of hydrogen-bond donors (Lipinski definition) is 3. The summed E-state index contributed by atoms with van der Waals surface area (Å²) in [6.07, 6.45) is 0. The van der Waals surface area contributed by atoms with Crippen LogP contribution >= 0.6 is 0 Å². The Morgan fingerprint density at radius 3 is 2.46 bits per heavy atom. The largest absolute Gasteiger partial charge is 0.368 e. The first-order valence-electron chi connectivity index (χ1n) is 12.1. The first kappa shape index (κ1) is 22.5. The minimum atomic E-state index is -0.642. The second-order valence-corrected chi connectivity index (χ2v) is 9.19. The van der Waals surface area contributed by atoms with Crippen LogP contribution in [0.2, 0.25) is 0 Å². The van der Waals surface area contributed by atoms with Gasteiger partial charge in [-0.2, -0.15) is 0 Å². The van der Waals surface area contributed by atoms with Gasteiger partial charge in [0.15, 0.2) is 0 Å². The molecule has 0 unspecified atom stereocenters. The summed E-state index contributed by atoms with van der Waals surface area (Å²) < 4.78 is 0. The predicted octanol–water partition coefficient (Wildman–Crippen LogP) is 4.13. The van der Waals surface area contributed by atoms with Gasteiger partial charge in [0.1, 0.15) is 6.54 Å². The van der Waals surface area contributed by atoms with E-state index in [1.165, 1.54) is 0 Å². The summed E-state index contributed by atoms with van der Waals surface area (Å²) in [5.74, 6) is -1.32. The molecular formula is C30H24N4O3. The highest BCUT2D eigenvalue weighted by molar-refractivity contribution is 6.04. The number of rotatable bonds is 6. The van der Waals surface area contributed by atoms with Crippen LogP contribution in [-0.2, 0) is 9.59 Å². The molecule has 4 aromatic carbocycles. The van der Waals surface area contributed by atoms with Gasteiger partial charge in [0.25, 0.3) is 5.91 Å². The van der Waals surface area contributed by atoms with E-state index in [4.69, 9.17) is 5.73 Å². The average Bonchev–Trinajstić information content (AvgIpc) is 3.42. The lowest BCUT2D eigenvalue weighted by Gasteiger charge is -2.26. The number of hydrogen-bond acceptors (Lipinski definition) is 3. The third-order valence-electron chi connectivity index (χ3n) is 6.89. The van der Waals surface area contributed by atoms with Crippen molar-refractivity contribution in [3.63, 3.8) is 0 Å². The predicted molar refractivity (Wildman–Crippen MR) is 143 cm³/mol. The van der Waals surface area contributed by atoms with Crippen molar-refractivity contribution in [1.29, 1.82) is 0 Å². The number of H-pyrrole nitrogens is 1. The van der Waals surface area contributed by atoms with Crippen LogP contribution in [0.15, 0.2) is 91.0 Å². The molecule has 0 bridgehead atoms. The van der Waals surface area contributed by atoms with E-state index in [0.717, 1.165) is 44.1 Å². The molecule has 0 saturated carbocycles. The number of nitrogens with zero attached hydrogens (tertiary/aromatic N) is 1. The van der Waals surface area contributed by atoms with Crippen molar-refractivity contribution in [2.24, 2.45) is 5.73 Å². The van der Waals surface area contributed by atoms with Crippen molar-refractivity contribution >= 4 is 39.4 Å². The van der Waals surface area contributed by atoms with E-state index >= 15 is 0 Å². The van der Waals surface area contributed by atoms with Crippen LogP contribution in [0.1, 0.15) is 27.5 Å². The lowest BCUT2D eigenvalue weighted by Crippen LogP contribution is -2.42. The Bertz CT molecular complexity index is 1700. The van der Waals surface area contributed by atoms with E-state index in [2.05, 4.69) is 40.6 Å². The molecule has 7 nitrogen and oxygen atoms in total. The van der Waals surface area contributed by atoms with Gasteiger partial charge in [0, 0.05) is 22.0 Å². The van der Waals surface area contributed by atoms with Crippen LogP contribution in [0, 0.1) is 0 Å². The molecule has 0 saturated heterocycles. The van der Waals surface area contributed by atoms with Gasteiger partial charge in [0.05, 0.1) is 18.3 Å². The zero-order valence-electron chi connectivity index (χ0n) is 19.9. The number of aromatic nitrogens is 1. The number of nitrogens with two attached hydrogens (primary N) is 1. The quantitative estimate of drug-likeness (QED) is 0.334. The lowest BCUT2D eigenvalue weighted by molar-refractivity contribution is -0.125. The molecule has 4 N–H and O–H groups in total. The van der Waals surface area contributed by atoms with Crippen LogP contribution in [0.4, 0.5) is 0 Å². The van der Waals surface area contributed by atoms with E-state index in [9.17, 15) is 14.4 Å². The summed E-state index contributed by atoms with van der Waals surface area (Å²) in [6, 6.07) is 29.4. The highest BCUT2D eigenvalue weighted by Gasteiger charge is 2.41. The van der Waals surface area contributed by atoms with E-state index < -0.39 is 17.9 Å². The minimum absolute atomic E-state index is 0.206. The van der Waals surface area contributed by atoms with Crippen LogP contribution in [-0.4, -0.2) is 40.7 Å². The molecule has 5 aromatic rings. The van der Waals surface area contributed by atoms with Crippen LogP contribution in [0.3, 0.4) is 0 Å². The third-order valence-corrected chi connectivity index (χ3v) is 6.89. The molecule has 2 heterocycles. The standard InChI is InChI=1S/C30H24N4O3/c31-25(35)16-32-26(36)17-34-29(21-9-3-4-10-22(21)30(34)37)27-23-11-5-6-12-24(23)33-28(27)20-14-13-18-7-1-2-8-19(18)15-20/h1-15,29,33H,16-17H2,(H2,31,35)(H,32,36)/t29-/m0/s1. The molecule has 0 aliphatic carbocycles. The lowest BCUT2D eigenvalue weighted by atomic mass is 9.92. The molecule has 6 rings (SSSR count). The SMILES string of the molecule is NC(=O)CNC(=O)CN1C(=O)c2ccccc2[C@H]1c1c(-c2ccc3ccccc3c2)[nH]c2ccccc12. The maximum absolute atomic E-state index is 13.6. The molecule has 182 valence electrons. The summed E-state index contributed by atoms with van der Waals surface area (Å²) in [7, 11) is 0. The summed E-state index contributed by atoms with van der Waals surface area (Å²) in [5, 5.41) is 5.73. The first-order chi connectivity index (χ1) is 18.0. The van der Waals surface area contributed by atoms with Crippen molar-refractivity contribution in [3.8, 4) is 11.3 Å². The Balaban J connectivity index is 1.54. The number of fused-ring (bicyclic) bond motifs is 3. The number of benzene rings is 4. The fraction of sp³-hybridized carbons (Fsp3) is 0.100. The topological polar surface area (TPSA) is 108 Å². The van der Waals surface area contributed by atoms with Gasteiger partial charge in [-0.15, -0.1) is 0 Å². The number of primary amides is 1. The minimum Gasteiger partial charge on any atom is -0.368 e. The summed E-state index contributed by atoms with van der Waals surface area (Å²) in [4.78, 5) is 42.7. The number of para-hydroxylation sites is 1. The molecule has 0 fully saturated rings. The zero-order valence-corrected chi connectivity index (χ0v) is 19.9. The number of carbonyl (C=O) groups excluding carboxylic acids is 3. The highest BCUT2D eigenvalue weighted by Crippen LogP contribution is 2.45. The van der Waals surface area contributed by atoms with Crippen molar-refractivity contribution in [1.82, 2.24) is 15.2 Å². The van der Waals surface area contributed by atoms with Gasteiger partial charge in [-0.05, 0) is 40.1 Å². The molecule has 3 amide bonds. The van der Waals surface area contributed by atoms with Gasteiger partial charge in [-0.1, -0.05) is 72.8 Å². The Labute approximate surface area is 212 Å². The fourth-order valence-corrected chi connectivity index (χ4v) is 5.26. The third kappa shape index (κ3) is 3.90. The number of carbonyl (C=O) groups is 3. The van der Waals surface area contributed by atoms with Crippen molar-refractivity contribution in [2.45, 2.75) is 6.04 Å². The van der Waals surface area contributed by atoms with E-state index in [0.29, 0.717) is 5.56 Å². The van der Waals surface area contributed by atoms with Gasteiger partial charge in [0.2, 0.25) is 11.8 Å². The van der Waals surface area contributed by atoms with Crippen molar-refractivity contribution in [2.75, 3.05) is 13.1 Å². The number of aromatic amines is 1. The van der Waals surface area contributed by atoms with E-state index in [-0.39, 0.29) is 19.0 Å². The van der Waals surface area contributed by atoms with Crippen molar-refractivity contribution < 1.29 is 14.4 Å². The molecule has 1 aromatic heterocycles. The zero-order chi connectivity index (χ0) is 25.5.